The number of nitrogens with one attached hydrogen (secondary N) is 2. The van der Waals surface area contributed by atoms with Crippen LogP contribution in [0.25, 0.3) is 10.6 Å². The number of nitrogens with two attached hydrogens (primary N) is 1. The summed E-state index contributed by atoms with van der Waals surface area (Å²) < 4.78 is 9.25. The molecular weight excluding hydrogens is 350 g/mol. The van der Waals surface area contributed by atoms with Crippen LogP contribution in [-0.4, -0.2) is 43.3 Å². The lowest BCUT2D eigenvalue weighted by Gasteiger charge is -2.00. The van der Waals surface area contributed by atoms with Crippen molar-refractivity contribution in [3.8, 4) is 16.3 Å². The Morgan fingerprint density at radius 3 is 2.83 bits per heavy atom. The lowest BCUT2D eigenvalue weighted by molar-refractivity contribution is -0.113. The first-order valence-electron chi connectivity index (χ1n) is 6.72. The van der Waals surface area contributed by atoms with Crippen molar-refractivity contribution >= 4 is 41.1 Å². The summed E-state index contributed by atoms with van der Waals surface area (Å²) in [6.45, 7) is 0. The smallest absolute Gasteiger partial charge is 0.241 e. The lowest BCUT2D eigenvalue weighted by Crippen LogP contribution is -2.15. The second-order valence-electron chi connectivity index (χ2n) is 4.49. The van der Waals surface area contributed by atoms with Crippen LogP contribution in [0.1, 0.15) is 0 Å². The molecule has 0 saturated heterocycles. The van der Waals surface area contributed by atoms with Crippen LogP contribution in [0.5, 0.6) is 5.75 Å². The van der Waals surface area contributed by atoms with Gasteiger partial charge in [-0.2, -0.15) is 14.3 Å². The summed E-state index contributed by atoms with van der Waals surface area (Å²) in [6, 6.07) is 7.45. The van der Waals surface area contributed by atoms with Gasteiger partial charge < -0.3 is 10.5 Å². The monoisotopic (exact) mass is 363 g/mol. The summed E-state index contributed by atoms with van der Waals surface area (Å²) in [5.41, 5.74) is 6.32. The van der Waals surface area contributed by atoms with Crippen molar-refractivity contribution < 1.29 is 9.53 Å². The number of rotatable bonds is 6. The third kappa shape index (κ3) is 4.00. The molecule has 2 aromatic heterocycles. The molecule has 3 rings (SSSR count). The number of thioether (sulfide) groups is 1. The van der Waals surface area contributed by atoms with Gasteiger partial charge in [-0.3, -0.25) is 10.1 Å². The number of H-pyrrole nitrogens is 1. The molecule has 0 spiro atoms. The molecule has 1 aromatic carbocycles. The molecular formula is C13H13N7O2S2. The molecule has 0 aliphatic heterocycles. The van der Waals surface area contributed by atoms with Crippen LogP contribution in [0.3, 0.4) is 0 Å². The highest BCUT2D eigenvalue weighted by Gasteiger charge is 2.11. The third-order valence-electron chi connectivity index (χ3n) is 2.83. The van der Waals surface area contributed by atoms with E-state index >= 15 is 0 Å². The Morgan fingerprint density at radius 2 is 2.17 bits per heavy atom. The minimum absolute atomic E-state index is 0.133. The predicted molar refractivity (Wildman–Crippen MR) is 92.0 cm³/mol. The SMILES string of the molecule is COc1ccc(-c2nc(NC(=O)CSc3n[nH]c(N)n3)ns2)cc1. The summed E-state index contributed by atoms with van der Waals surface area (Å²) in [5.74, 6) is 1.13. The average molecular weight is 363 g/mol. The van der Waals surface area contributed by atoms with Crippen molar-refractivity contribution in [3.63, 3.8) is 0 Å². The van der Waals surface area contributed by atoms with E-state index < -0.39 is 0 Å². The van der Waals surface area contributed by atoms with E-state index in [0.717, 1.165) is 23.1 Å². The van der Waals surface area contributed by atoms with E-state index in [1.54, 1.807) is 7.11 Å². The Bertz CT molecular complexity index is 831. The molecule has 11 heteroatoms. The number of methoxy groups -OCH3 is 1. The van der Waals surface area contributed by atoms with Gasteiger partial charge >= 0.3 is 0 Å². The largest absolute Gasteiger partial charge is 0.497 e. The van der Waals surface area contributed by atoms with E-state index in [1.807, 2.05) is 24.3 Å². The Labute approximate surface area is 145 Å². The highest BCUT2D eigenvalue weighted by molar-refractivity contribution is 7.99. The minimum atomic E-state index is -0.248. The van der Waals surface area contributed by atoms with Crippen LogP contribution >= 0.6 is 23.3 Å². The van der Waals surface area contributed by atoms with E-state index in [0.29, 0.717) is 10.2 Å². The van der Waals surface area contributed by atoms with Gasteiger partial charge in [0, 0.05) is 5.56 Å². The molecule has 0 unspecified atom stereocenters. The number of nitrogens with zero attached hydrogens (tertiary/aromatic N) is 4. The van der Waals surface area contributed by atoms with Crippen molar-refractivity contribution in [3.05, 3.63) is 24.3 Å². The maximum absolute atomic E-state index is 11.9. The standard InChI is InChI=1S/C13H13N7O2S2/c1-22-8-4-2-7(3-5-8)10-16-12(20-24-10)15-9(21)6-23-13-17-11(14)18-19-13/h2-5H,6H2,1H3,(H,15,20,21)(H3,14,17,18,19). The molecule has 0 bridgehead atoms. The van der Waals surface area contributed by atoms with E-state index in [2.05, 4.69) is 29.9 Å². The fourth-order valence-electron chi connectivity index (χ4n) is 1.74. The van der Waals surface area contributed by atoms with Gasteiger partial charge in [0.05, 0.1) is 12.9 Å². The number of ether oxygens (including phenoxy) is 1. The fraction of sp³-hybridized carbons (Fsp3) is 0.154. The Hall–Kier alpha value is -2.66. The van der Waals surface area contributed by atoms with Gasteiger partial charge in [0.15, 0.2) is 0 Å². The molecule has 2 heterocycles. The summed E-state index contributed by atoms with van der Waals surface area (Å²) in [5, 5.41) is 10.1. The number of aromatic amines is 1. The van der Waals surface area contributed by atoms with Gasteiger partial charge in [0.25, 0.3) is 0 Å². The van der Waals surface area contributed by atoms with Gasteiger partial charge in [-0.25, -0.2) is 5.10 Å². The minimum Gasteiger partial charge on any atom is -0.497 e. The Balaban J connectivity index is 1.57. The van der Waals surface area contributed by atoms with Crippen molar-refractivity contribution in [1.29, 1.82) is 0 Å². The molecule has 9 nitrogen and oxygen atoms in total. The van der Waals surface area contributed by atoms with Gasteiger partial charge in [0.2, 0.25) is 23.0 Å². The van der Waals surface area contributed by atoms with Gasteiger partial charge in [-0.05, 0) is 35.8 Å². The summed E-state index contributed by atoms with van der Waals surface area (Å²) in [6.07, 6.45) is 0. The molecule has 0 aliphatic carbocycles. The number of hydrogen-bond donors (Lipinski definition) is 3. The summed E-state index contributed by atoms with van der Waals surface area (Å²) in [7, 11) is 1.61. The topological polar surface area (TPSA) is 132 Å². The molecule has 3 aromatic rings. The van der Waals surface area contributed by atoms with Gasteiger partial charge in [-0.1, -0.05) is 11.8 Å². The predicted octanol–water partition coefficient (Wildman–Crippen LogP) is 1.64. The molecule has 0 atom stereocenters. The molecule has 124 valence electrons. The summed E-state index contributed by atoms with van der Waals surface area (Å²) >= 11 is 2.37. The van der Waals surface area contributed by atoms with Crippen LogP contribution in [0.4, 0.5) is 11.9 Å². The number of aromatic nitrogens is 5. The normalized spacial score (nSPS) is 10.5. The van der Waals surface area contributed by atoms with Crippen LogP contribution in [-0.2, 0) is 4.79 Å². The first-order valence-corrected chi connectivity index (χ1v) is 8.48. The average Bonchev–Trinajstić information content (AvgIpc) is 3.22. The number of nitrogen functional groups attached to an aromatic ring is 1. The molecule has 24 heavy (non-hydrogen) atoms. The molecule has 0 saturated carbocycles. The maximum atomic E-state index is 11.9. The number of carbonyl (C=O) groups is 1. The van der Waals surface area contributed by atoms with Crippen LogP contribution in [0, 0.1) is 0 Å². The number of carbonyl (C=O) groups excluding carboxylic acids is 1. The highest BCUT2D eigenvalue weighted by Crippen LogP contribution is 2.25. The van der Waals surface area contributed by atoms with E-state index in [-0.39, 0.29) is 23.6 Å². The molecule has 0 radical (unpaired) electrons. The second-order valence-corrected chi connectivity index (χ2v) is 6.19. The van der Waals surface area contributed by atoms with Crippen molar-refractivity contribution in [1.82, 2.24) is 24.5 Å². The first kappa shape index (κ1) is 16.2. The molecule has 1 amide bonds. The van der Waals surface area contributed by atoms with Crippen molar-refractivity contribution in [2.45, 2.75) is 5.16 Å². The Morgan fingerprint density at radius 1 is 1.38 bits per heavy atom. The molecule has 0 aliphatic rings. The number of hydrogen-bond acceptors (Lipinski definition) is 9. The first-order chi connectivity index (χ1) is 11.6. The lowest BCUT2D eigenvalue weighted by atomic mass is 10.2. The zero-order chi connectivity index (χ0) is 16.9. The van der Waals surface area contributed by atoms with Crippen molar-refractivity contribution in [2.24, 2.45) is 0 Å². The van der Waals surface area contributed by atoms with Crippen LogP contribution in [0.15, 0.2) is 29.4 Å². The molecule has 0 fully saturated rings. The zero-order valence-electron chi connectivity index (χ0n) is 12.5. The molecule has 4 N–H and O–H groups in total. The highest BCUT2D eigenvalue weighted by atomic mass is 32.2. The Kier molecular flexibility index (Phi) is 4.91. The second kappa shape index (κ2) is 7.27. The fourth-order valence-corrected chi connectivity index (χ4v) is 2.97. The quantitative estimate of drug-likeness (QED) is 0.563. The number of benzene rings is 1. The van der Waals surface area contributed by atoms with Gasteiger partial charge in [-0.15, -0.1) is 5.10 Å². The van der Waals surface area contributed by atoms with Gasteiger partial charge in [0.1, 0.15) is 10.8 Å². The number of amides is 1. The van der Waals surface area contributed by atoms with E-state index in [1.165, 1.54) is 11.5 Å². The van der Waals surface area contributed by atoms with Crippen molar-refractivity contribution in [2.75, 3.05) is 23.9 Å². The maximum Gasteiger partial charge on any atom is 0.241 e. The zero-order valence-corrected chi connectivity index (χ0v) is 14.1. The van der Waals surface area contributed by atoms with Crippen LogP contribution in [0.2, 0.25) is 0 Å². The third-order valence-corrected chi connectivity index (χ3v) is 4.44. The van der Waals surface area contributed by atoms with E-state index in [4.69, 9.17) is 10.5 Å². The summed E-state index contributed by atoms with van der Waals surface area (Å²) in [4.78, 5) is 20.1. The van der Waals surface area contributed by atoms with Crippen LogP contribution < -0.4 is 15.8 Å². The number of anilines is 2. The van der Waals surface area contributed by atoms with E-state index in [9.17, 15) is 4.79 Å².